The number of fused-ring (bicyclic) bond motifs is 20. The smallest absolute Gasteiger partial charge is 0.320 e. The van der Waals surface area contributed by atoms with E-state index in [1.54, 1.807) is 7.11 Å². The molecule has 20 atom stereocenters. The van der Waals surface area contributed by atoms with Gasteiger partial charge in [-0.3, -0.25) is 57.5 Å². The van der Waals surface area contributed by atoms with Crippen molar-refractivity contribution in [1.82, 2.24) is 5.32 Å². The zero-order valence-corrected chi connectivity index (χ0v) is 51.1. The fraction of sp³-hybridized carbons (Fsp3) is 0.806. The van der Waals surface area contributed by atoms with Crippen LogP contribution in [-0.2, 0) is 100 Å². The van der Waals surface area contributed by atoms with E-state index in [9.17, 15) is 57.5 Å². The van der Waals surface area contributed by atoms with Crippen molar-refractivity contribution in [3.8, 4) is 0 Å². The average Bonchev–Trinajstić information content (AvgIpc) is 2.87. The normalized spacial score (nSPS) is 37.5. The van der Waals surface area contributed by atoms with Crippen molar-refractivity contribution in [2.45, 2.75) is 197 Å². The lowest BCUT2D eigenvalue weighted by atomic mass is 9.76. The van der Waals surface area contributed by atoms with E-state index in [0.717, 1.165) is 38.5 Å². The van der Waals surface area contributed by atoms with Crippen LogP contribution in [0.5, 0.6) is 0 Å². The number of hydrogen-bond donors (Lipinski definition) is 1. The molecule has 8 bridgehead atoms. The summed E-state index contributed by atoms with van der Waals surface area (Å²) in [5.41, 5.74) is -1.85. The Morgan fingerprint density at radius 3 is 1.48 bits per heavy atom. The minimum atomic E-state index is -0.608. The number of amides is 1. The maximum Gasteiger partial charge on any atom is 0.320 e. The summed E-state index contributed by atoms with van der Waals surface area (Å²) in [6.45, 7) is 22.7. The van der Waals surface area contributed by atoms with Crippen LogP contribution in [0.15, 0.2) is 0 Å². The van der Waals surface area contributed by atoms with Gasteiger partial charge in [-0.25, -0.2) is 0 Å². The predicted octanol–water partition coefficient (Wildman–Crippen LogP) is 6.12. The summed E-state index contributed by atoms with van der Waals surface area (Å²) in [7, 11) is 2.97. The molecule has 1 amide bonds. The zero-order chi connectivity index (χ0) is 62.0. The van der Waals surface area contributed by atoms with Crippen LogP contribution in [0.3, 0.4) is 0 Å². The fourth-order valence-corrected chi connectivity index (χ4v) is 15.0. The number of ether oxygens (including phenoxy) is 9. The second kappa shape index (κ2) is 24.3. The molecule has 0 radical (unpaired) electrons. The number of hydrogen-bond acceptors (Lipinski definition) is 21. The number of carbonyl (C=O) groups is 12. The van der Waals surface area contributed by atoms with E-state index in [2.05, 4.69) is 19.5 Å². The molecular weight excluding hydrogens is 1090 g/mol. The number of carbonyl (C=O) groups excluding carboxylic acids is 12. The van der Waals surface area contributed by atoms with E-state index in [0.29, 0.717) is 49.9 Å². The van der Waals surface area contributed by atoms with Gasteiger partial charge in [-0.15, -0.1) is 0 Å². The third-order valence-corrected chi connectivity index (χ3v) is 21.6. The lowest BCUT2D eigenvalue weighted by Crippen LogP contribution is -2.48. The summed E-state index contributed by atoms with van der Waals surface area (Å²) < 4.78 is 45.8. The second-order valence-electron chi connectivity index (χ2n) is 27.8. The monoisotopic (exact) mass is 1180 g/mol. The number of methoxy groups -OCH3 is 2. The molecule has 0 aromatic heterocycles. The molecule has 0 aromatic carbocycles. The molecule has 22 heteroatoms. The SMILES string of the molecule is CCC(C)(C)C(=O)NC1CC2CC1C1C(=O)OC(=O)C21.CCC(C)(C)C(=O)OC.CCC(C)(C)C(=O)OC1C2CC(C1OC)C1C(=O)OC(=O)C21.CCC(C)(C)C(=O)OC1CC2OC1C1C(=O)OC(=O)C21.O=C1CC2C3CCC(C3)C2C(=O)O1. The Kier molecular flexibility index (Phi) is 18.6. The summed E-state index contributed by atoms with van der Waals surface area (Å²) in [5.74, 6) is -5.06. The minimum absolute atomic E-state index is 0.0121. The van der Waals surface area contributed by atoms with Gasteiger partial charge in [0.15, 0.2) is 0 Å². The number of esters is 11. The fourth-order valence-electron chi connectivity index (χ4n) is 15.0. The van der Waals surface area contributed by atoms with Crippen molar-refractivity contribution in [2.24, 2.45) is 105 Å². The van der Waals surface area contributed by atoms with Crippen LogP contribution >= 0.6 is 0 Å². The highest BCUT2D eigenvalue weighted by molar-refractivity contribution is 5.99. The summed E-state index contributed by atoms with van der Waals surface area (Å²) in [4.78, 5) is 141. The molecule has 1 N–H and O–H groups in total. The van der Waals surface area contributed by atoms with Crippen molar-refractivity contribution in [1.29, 1.82) is 0 Å². The van der Waals surface area contributed by atoms with Crippen molar-refractivity contribution in [3.05, 3.63) is 0 Å². The quantitative estimate of drug-likeness (QED) is 0.131. The Morgan fingerprint density at radius 2 is 0.940 bits per heavy atom. The predicted molar refractivity (Wildman–Crippen MR) is 290 cm³/mol. The zero-order valence-electron chi connectivity index (χ0n) is 51.1. The molecule has 22 nitrogen and oxygen atoms in total. The molecule has 6 saturated heterocycles. The van der Waals surface area contributed by atoms with E-state index in [-0.39, 0.29) is 113 Å². The lowest BCUT2D eigenvalue weighted by Gasteiger charge is -2.35. The maximum absolute atomic E-state index is 12.4. The van der Waals surface area contributed by atoms with Gasteiger partial charge < -0.3 is 47.9 Å². The second-order valence-corrected chi connectivity index (χ2v) is 27.8. The largest absolute Gasteiger partial charge is 0.469 e. The molecule has 12 rings (SSSR count). The molecular formula is C62H87NO21. The highest BCUT2D eigenvalue weighted by Crippen LogP contribution is 2.59. The molecule has 12 fully saturated rings. The Bertz CT molecular complexity index is 2580. The van der Waals surface area contributed by atoms with Crippen molar-refractivity contribution < 1.29 is 100 Å². The molecule has 466 valence electrons. The van der Waals surface area contributed by atoms with Gasteiger partial charge >= 0.3 is 65.7 Å². The first kappa shape index (κ1) is 64.4. The van der Waals surface area contributed by atoms with Gasteiger partial charge in [0.1, 0.15) is 24.2 Å². The summed E-state index contributed by atoms with van der Waals surface area (Å²) in [5, 5.41) is 3.09. The maximum atomic E-state index is 12.4. The van der Waals surface area contributed by atoms with Crippen LogP contribution in [0.4, 0.5) is 0 Å². The van der Waals surface area contributed by atoms with E-state index in [1.165, 1.54) is 13.5 Å². The first-order valence-electron chi connectivity index (χ1n) is 30.3. The van der Waals surface area contributed by atoms with E-state index < -0.39 is 82.1 Å². The molecule has 6 heterocycles. The third kappa shape index (κ3) is 11.8. The number of cyclic esters (lactones) is 8. The van der Waals surface area contributed by atoms with Gasteiger partial charge in [-0.05, 0) is 135 Å². The molecule has 84 heavy (non-hydrogen) atoms. The number of rotatable bonds is 12. The van der Waals surface area contributed by atoms with Crippen LogP contribution in [0.2, 0.25) is 0 Å². The topological polar surface area (TPSA) is 300 Å². The van der Waals surface area contributed by atoms with Crippen molar-refractivity contribution in [3.63, 3.8) is 0 Å². The Balaban J connectivity index is 0.000000141. The molecule has 6 saturated carbocycles. The molecule has 0 aromatic rings. The molecule has 6 aliphatic carbocycles. The van der Waals surface area contributed by atoms with Gasteiger partial charge in [-0.2, -0.15) is 0 Å². The van der Waals surface area contributed by atoms with Crippen LogP contribution in [0.1, 0.15) is 160 Å². The Labute approximate surface area is 490 Å². The number of nitrogens with one attached hydrogen (secondary N) is 1. The third-order valence-electron chi connectivity index (χ3n) is 21.6. The van der Waals surface area contributed by atoms with Gasteiger partial charge in [0.05, 0.1) is 71.1 Å². The van der Waals surface area contributed by atoms with Gasteiger partial charge in [0.25, 0.3) is 0 Å². The van der Waals surface area contributed by atoms with E-state index in [4.69, 9.17) is 28.4 Å². The molecule has 20 unspecified atom stereocenters. The van der Waals surface area contributed by atoms with Crippen molar-refractivity contribution in [2.75, 3.05) is 14.2 Å². The van der Waals surface area contributed by atoms with E-state index >= 15 is 0 Å². The highest BCUT2D eigenvalue weighted by atomic mass is 16.6. The Morgan fingerprint density at radius 1 is 0.464 bits per heavy atom. The minimum Gasteiger partial charge on any atom is -0.469 e. The summed E-state index contributed by atoms with van der Waals surface area (Å²) >= 11 is 0. The average molecular weight is 1180 g/mol. The van der Waals surface area contributed by atoms with Crippen LogP contribution in [-0.4, -0.2) is 122 Å². The van der Waals surface area contributed by atoms with Gasteiger partial charge in [0.2, 0.25) is 5.91 Å². The summed E-state index contributed by atoms with van der Waals surface area (Å²) in [6, 6.07) is 0.0121. The van der Waals surface area contributed by atoms with Crippen LogP contribution in [0, 0.1) is 105 Å². The summed E-state index contributed by atoms with van der Waals surface area (Å²) in [6.07, 6.45) is 7.51. The van der Waals surface area contributed by atoms with Crippen molar-refractivity contribution >= 4 is 71.6 Å². The van der Waals surface area contributed by atoms with E-state index in [1.807, 2.05) is 83.1 Å². The van der Waals surface area contributed by atoms with Crippen LogP contribution in [0.25, 0.3) is 0 Å². The first-order valence-corrected chi connectivity index (χ1v) is 30.3. The lowest BCUT2D eigenvalue weighted by molar-refractivity contribution is -0.176. The molecule has 0 spiro atoms. The highest BCUT2D eigenvalue weighted by Gasteiger charge is 2.69. The van der Waals surface area contributed by atoms with Gasteiger partial charge in [-0.1, -0.05) is 41.5 Å². The Hall–Kier alpha value is -5.64. The first-order chi connectivity index (χ1) is 39.3. The molecule has 6 aliphatic heterocycles. The van der Waals surface area contributed by atoms with Gasteiger partial charge in [0, 0.05) is 43.2 Å². The standard InChI is InChI=1S/C16H22O6.C15H21NO4.C14H18O6.C10H12O3.C7H14O2/c1-5-16(2,3)15(19)21-12-8-6-7(11(12)20-4)9-10(8)14(18)22-13(9)17;1-4-15(2,3)14(19)16-9-6-7-5-8(9)11-10(7)12(17)20-13(11)18;1-4-14(2,3)13(17)19-7-5-6-8-9(10(7)18-6)12(16)20-11(8)15;11-8-4-7-5-1-2-6(3-5)9(7)10(12)13-8;1-5-7(2,3)6(8)9-4/h7-12H,5-6H2,1-4H3;7-11H,4-6H2,1-3H3,(H,16,19);6-10H,4-5H2,1-3H3;5-7,9H,1-4H2;5H2,1-4H3. The van der Waals surface area contributed by atoms with Crippen LogP contribution < -0.4 is 5.32 Å². The molecule has 12 aliphatic rings.